The molecule has 0 radical (unpaired) electrons. The van der Waals surface area contributed by atoms with Crippen LogP contribution in [0.25, 0.3) is 0 Å². The van der Waals surface area contributed by atoms with Crippen molar-refractivity contribution in [3.05, 3.63) is 0 Å². The van der Waals surface area contributed by atoms with Crippen LogP contribution in [0, 0.1) is 11.8 Å². The van der Waals surface area contributed by atoms with E-state index in [1.807, 2.05) is 0 Å². The summed E-state index contributed by atoms with van der Waals surface area (Å²) in [5, 5.41) is 15.1. The highest BCUT2D eigenvalue weighted by atomic mass is 16.4. The molecule has 3 unspecified atom stereocenters. The molecular formula is C12H20N2O3. The molecule has 17 heavy (non-hydrogen) atoms. The molecule has 2 aliphatic rings. The number of hydrogen-bond donors (Lipinski definition) is 3. The lowest BCUT2D eigenvalue weighted by molar-refractivity contribution is -0.143. The summed E-state index contributed by atoms with van der Waals surface area (Å²) in [5.74, 6) is -1.20. The Morgan fingerprint density at radius 3 is 2.47 bits per heavy atom. The van der Waals surface area contributed by atoms with Crippen LogP contribution in [-0.2, 0) is 9.59 Å². The monoisotopic (exact) mass is 240 g/mol. The first-order valence-corrected chi connectivity index (χ1v) is 6.28. The van der Waals surface area contributed by atoms with Crippen molar-refractivity contribution in [2.75, 3.05) is 0 Å². The van der Waals surface area contributed by atoms with Crippen LogP contribution in [0.3, 0.4) is 0 Å². The van der Waals surface area contributed by atoms with Crippen molar-refractivity contribution in [1.82, 2.24) is 10.6 Å². The summed E-state index contributed by atoms with van der Waals surface area (Å²) in [6.45, 7) is 3.61. The predicted molar refractivity (Wildman–Crippen MR) is 62.5 cm³/mol. The number of carboxylic acid groups (broad SMARTS) is 1. The summed E-state index contributed by atoms with van der Waals surface area (Å²) in [5.41, 5.74) is 0. The summed E-state index contributed by atoms with van der Waals surface area (Å²) in [6, 6.07) is -0.0682. The molecule has 0 aromatic carbocycles. The Bertz CT molecular complexity index is 330. The Morgan fingerprint density at radius 1 is 1.35 bits per heavy atom. The number of aliphatic carboxylic acids is 1. The molecule has 5 nitrogen and oxygen atoms in total. The van der Waals surface area contributed by atoms with Crippen molar-refractivity contribution in [2.45, 2.75) is 51.2 Å². The maximum atomic E-state index is 12.0. The van der Waals surface area contributed by atoms with Crippen LogP contribution in [0.2, 0.25) is 0 Å². The van der Waals surface area contributed by atoms with Gasteiger partial charge in [-0.3, -0.25) is 4.79 Å². The Labute approximate surface area is 101 Å². The average molecular weight is 240 g/mol. The zero-order valence-corrected chi connectivity index (χ0v) is 10.3. The van der Waals surface area contributed by atoms with Gasteiger partial charge in [0.05, 0.1) is 5.92 Å². The van der Waals surface area contributed by atoms with Crippen molar-refractivity contribution < 1.29 is 14.7 Å². The fourth-order valence-corrected chi connectivity index (χ4v) is 2.89. The molecule has 96 valence electrons. The third-order valence-electron chi connectivity index (χ3n) is 3.87. The highest BCUT2D eigenvalue weighted by molar-refractivity contribution is 5.86. The molecule has 0 aromatic heterocycles. The molecule has 2 aliphatic heterocycles. The number of hydrogen-bond acceptors (Lipinski definition) is 3. The van der Waals surface area contributed by atoms with Gasteiger partial charge < -0.3 is 15.7 Å². The lowest BCUT2D eigenvalue weighted by Crippen LogP contribution is -2.48. The molecule has 2 bridgehead atoms. The molecule has 1 amide bonds. The van der Waals surface area contributed by atoms with Crippen LogP contribution in [-0.4, -0.2) is 35.1 Å². The summed E-state index contributed by atoms with van der Waals surface area (Å²) in [6.07, 6.45) is 3.02. The van der Waals surface area contributed by atoms with Crippen molar-refractivity contribution in [3.8, 4) is 0 Å². The molecule has 0 saturated carbocycles. The molecule has 2 heterocycles. The Kier molecular flexibility index (Phi) is 3.38. The van der Waals surface area contributed by atoms with Gasteiger partial charge in [0.1, 0.15) is 6.04 Å². The first-order chi connectivity index (χ1) is 7.99. The molecule has 2 fully saturated rings. The Balaban J connectivity index is 1.94. The third-order valence-corrected chi connectivity index (χ3v) is 3.87. The van der Waals surface area contributed by atoms with Crippen LogP contribution in [0.5, 0.6) is 0 Å². The first-order valence-electron chi connectivity index (χ1n) is 6.28. The molecule has 3 N–H and O–H groups in total. The number of carbonyl (C=O) groups excluding carboxylic acids is 1. The number of fused-ring (bicyclic) bond motifs is 2. The van der Waals surface area contributed by atoms with Crippen molar-refractivity contribution >= 4 is 11.9 Å². The Hall–Kier alpha value is -1.10. The molecule has 4 atom stereocenters. The Morgan fingerprint density at radius 2 is 2.06 bits per heavy atom. The first kappa shape index (κ1) is 12.4. The van der Waals surface area contributed by atoms with Crippen LogP contribution in [0.15, 0.2) is 0 Å². The molecule has 5 heteroatoms. The van der Waals surface area contributed by atoms with Gasteiger partial charge in [-0.15, -0.1) is 0 Å². The van der Waals surface area contributed by atoms with E-state index in [-0.39, 0.29) is 23.8 Å². The van der Waals surface area contributed by atoms with E-state index in [0.29, 0.717) is 6.04 Å². The third kappa shape index (κ3) is 2.44. The van der Waals surface area contributed by atoms with E-state index in [1.165, 1.54) is 0 Å². The van der Waals surface area contributed by atoms with Crippen LogP contribution >= 0.6 is 0 Å². The molecular weight excluding hydrogens is 220 g/mol. The maximum absolute atomic E-state index is 12.0. The van der Waals surface area contributed by atoms with Crippen molar-refractivity contribution in [3.63, 3.8) is 0 Å². The smallest absolute Gasteiger partial charge is 0.326 e. The van der Waals surface area contributed by atoms with Crippen molar-refractivity contribution in [1.29, 1.82) is 0 Å². The molecule has 0 aliphatic carbocycles. The summed E-state index contributed by atoms with van der Waals surface area (Å²) < 4.78 is 0. The number of carboxylic acids is 1. The van der Waals surface area contributed by atoms with E-state index < -0.39 is 12.0 Å². The SMILES string of the molecule is CC(C)[C@@H](NC(=O)C1CC2CCC1N2)C(=O)O. The van der Waals surface area contributed by atoms with Gasteiger partial charge in [0, 0.05) is 12.1 Å². The highest BCUT2D eigenvalue weighted by Gasteiger charge is 2.43. The minimum atomic E-state index is -0.954. The van der Waals surface area contributed by atoms with Gasteiger partial charge in [0.25, 0.3) is 0 Å². The van der Waals surface area contributed by atoms with Crippen LogP contribution in [0.1, 0.15) is 33.1 Å². The number of rotatable bonds is 4. The van der Waals surface area contributed by atoms with E-state index in [0.717, 1.165) is 19.3 Å². The number of nitrogens with one attached hydrogen (secondary N) is 2. The summed E-state index contributed by atoms with van der Waals surface area (Å²) in [7, 11) is 0. The van der Waals surface area contributed by atoms with Gasteiger partial charge >= 0.3 is 5.97 Å². The van der Waals surface area contributed by atoms with E-state index in [1.54, 1.807) is 13.8 Å². The van der Waals surface area contributed by atoms with Gasteiger partial charge in [0.15, 0.2) is 0 Å². The van der Waals surface area contributed by atoms with Gasteiger partial charge in [0.2, 0.25) is 5.91 Å². The lowest BCUT2D eigenvalue weighted by Gasteiger charge is -2.24. The van der Waals surface area contributed by atoms with E-state index in [2.05, 4.69) is 10.6 Å². The minimum absolute atomic E-state index is 0.0469. The number of carbonyl (C=O) groups is 2. The molecule has 0 spiro atoms. The van der Waals surface area contributed by atoms with E-state index in [4.69, 9.17) is 5.11 Å². The minimum Gasteiger partial charge on any atom is -0.480 e. The largest absolute Gasteiger partial charge is 0.480 e. The van der Waals surface area contributed by atoms with Crippen LogP contribution in [0.4, 0.5) is 0 Å². The van der Waals surface area contributed by atoms with Gasteiger partial charge in [-0.05, 0) is 25.2 Å². The van der Waals surface area contributed by atoms with Gasteiger partial charge in [-0.1, -0.05) is 13.8 Å². The topological polar surface area (TPSA) is 78.4 Å². The van der Waals surface area contributed by atoms with Gasteiger partial charge in [-0.2, -0.15) is 0 Å². The fourth-order valence-electron chi connectivity index (χ4n) is 2.89. The average Bonchev–Trinajstić information content (AvgIpc) is 2.85. The van der Waals surface area contributed by atoms with E-state index in [9.17, 15) is 9.59 Å². The standard InChI is InChI=1S/C12H20N2O3/c1-6(2)10(12(16)17)14-11(15)8-5-7-3-4-9(8)13-7/h6-10,13H,3-5H2,1-2H3,(H,14,15)(H,16,17)/t7?,8?,9?,10-/m1/s1. The second-order valence-electron chi connectivity index (χ2n) is 5.46. The quantitative estimate of drug-likeness (QED) is 0.662. The summed E-state index contributed by atoms with van der Waals surface area (Å²) in [4.78, 5) is 23.1. The van der Waals surface area contributed by atoms with Crippen LogP contribution < -0.4 is 10.6 Å². The van der Waals surface area contributed by atoms with Crippen molar-refractivity contribution in [2.24, 2.45) is 11.8 Å². The lowest BCUT2D eigenvalue weighted by atomic mass is 9.88. The summed E-state index contributed by atoms with van der Waals surface area (Å²) >= 11 is 0. The maximum Gasteiger partial charge on any atom is 0.326 e. The fraction of sp³-hybridized carbons (Fsp3) is 0.833. The zero-order valence-electron chi connectivity index (χ0n) is 10.3. The second-order valence-corrected chi connectivity index (χ2v) is 5.46. The zero-order chi connectivity index (χ0) is 12.6. The van der Waals surface area contributed by atoms with E-state index >= 15 is 0 Å². The van der Waals surface area contributed by atoms with Gasteiger partial charge in [-0.25, -0.2) is 4.79 Å². The highest BCUT2D eigenvalue weighted by Crippen LogP contribution is 2.33. The molecule has 2 saturated heterocycles. The second kappa shape index (κ2) is 4.64. The number of amides is 1. The molecule has 0 aromatic rings. The predicted octanol–water partition coefficient (Wildman–Crippen LogP) is 0.352. The normalized spacial score (nSPS) is 32.8. The molecule has 2 rings (SSSR count).